The molecule has 0 aliphatic rings. The summed E-state index contributed by atoms with van der Waals surface area (Å²) in [5, 5.41) is 10.7. The third kappa shape index (κ3) is 4.23. The highest BCUT2D eigenvalue weighted by atomic mass is 32.1. The van der Waals surface area contributed by atoms with Crippen LogP contribution in [0.25, 0.3) is 114 Å². The molecule has 0 atom stereocenters. The fraction of sp³-hybridized carbons (Fsp3) is 0. The Bertz CT molecular complexity index is 3460. The molecule has 0 saturated carbocycles. The number of aromatic nitrogens is 3. The van der Waals surface area contributed by atoms with Gasteiger partial charge in [0.2, 0.25) is 5.95 Å². The molecule has 0 bridgehead atoms. The Morgan fingerprint density at radius 1 is 0.453 bits per heavy atom. The SMILES string of the molecule is c1ccc(-c2ccc3cc(-c4nc(-n5c6ccccc6c6cc7c(ccc8sc9ccccc9c87)cc65)nc5c4oc4ccccc45)ccc3c2)cc1. The quantitative estimate of drug-likeness (QED) is 0.185. The summed E-state index contributed by atoms with van der Waals surface area (Å²) in [6.07, 6.45) is 0. The Balaban J connectivity index is 1.13. The minimum Gasteiger partial charge on any atom is -0.452 e. The first-order valence-corrected chi connectivity index (χ1v) is 18.6. The van der Waals surface area contributed by atoms with Gasteiger partial charge in [-0.05, 0) is 87.3 Å². The zero-order valence-electron chi connectivity index (χ0n) is 28.2. The van der Waals surface area contributed by atoms with Crippen LogP contribution in [0.15, 0.2) is 168 Å². The van der Waals surface area contributed by atoms with Gasteiger partial charge in [-0.15, -0.1) is 11.3 Å². The van der Waals surface area contributed by atoms with Gasteiger partial charge in [0.15, 0.2) is 5.58 Å². The highest BCUT2D eigenvalue weighted by Gasteiger charge is 2.22. The first-order chi connectivity index (χ1) is 26.2. The van der Waals surface area contributed by atoms with Gasteiger partial charge >= 0.3 is 0 Å². The van der Waals surface area contributed by atoms with Crippen molar-refractivity contribution < 1.29 is 4.42 Å². The lowest BCUT2D eigenvalue weighted by atomic mass is 9.99. The predicted molar refractivity (Wildman–Crippen MR) is 222 cm³/mol. The van der Waals surface area contributed by atoms with E-state index in [1.54, 1.807) is 0 Å². The molecule has 0 fully saturated rings. The van der Waals surface area contributed by atoms with Crippen LogP contribution in [0.5, 0.6) is 0 Å². The zero-order valence-corrected chi connectivity index (χ0v) is 29.1. The Morgan fingerprint density at radius 3 is 2.06 bits per heavy atom. The fourth-order valence-electron chi connectivity index (χ4n) is 8.30. The Morgan fingerprint density at radius 2 is 1.17 bits per heavy atom. The van der Waals surface area contributed by atoms with Crippen molar-refractivity contribution in [2.24, 2.45) is 0 Å². The molecule has 5 heteroatoms. The van der Waals surface area contributed by atoms with Gasteiger partial charge in [-0.3, -0.25) is 4.57 Å². The monoisotopic (exact) mass is 693 g/mol. The molecule has 0 unspecified atom stereocenters. The van der Waals surface area contributed by atoms with E-state index in [1.165, 1.54) is 58.2 Å². The second-order valence-electron chi connectivity index (χ2n) is 13.8. The first kappa shape index (κ1) is 28.8. The maximum Gasteiger partial charge on any atom is 0.236 e. The van der Waals surface area contributed by atoms with Crippen LogP contribution in [0.2, 0.25) is 0 Å². The average Bonchev–Trinajstić information content (AvgIpc) is 3.89. The van der Waals surface area contributed by atoms with E-state index in [2.05, 4.69) is 150 Å². The number of rotatable bonds is 3. The molecule has 0 aliphatic carbocycles. The van der Waals surface area contributed by atoms with Crippen LogP contribution >= 0.6 is 11.3 Å². The van der Waals surface area contributed by atoms with Crippen LogP contribution in [-0.2, 0) is 0 Å². The molecular weight excluding hydrogens is 667 g/mol. The van der Waals surface area contributed by atoms with E-state index in [9.17, 15) is 0 Å². The molecule has 4 aromatic heterocycles. The van der Waals surface area contributed by atoms with Gasteiger partial charge < -0.3 is 4.42 Å². The molecule has 12 rings (SSSR count). The summed E-state index contributed by atoms with van der Waals surface area (Å²) < 4.78 is 11.4. The molecule has 0 spiro atoms. The number of fused-ring (bicyclic) bond motifs is 12. The van der Waals surface area contributed by atoms with E-state index in [-0.39, 0.29) is 0 Å². The summed E-state index contributed by atoms with van der Waals surface area (Å²) in [5.74, 6) is 0.617. The zero-order chi connectivity index (χ0) is 34.6. The van der Waals surface area contributed by atoms with Gasteiger partial charge in [0.1, 0.15) is 16.8 Å². The van der Waals surface area contributed by atoms with Crippen molar-refractivity contribution in [3.63, 3.8) is 0 Å². The van der Waals surface area contributed by atoms with Crippen LogP contribution in [-0.4, -0.2) is 14.5 Å². The number of nitrogens with zero attached hydrogens (tertiary/aromatic N) is 3. The highest BCUT2D eigenvalue weighted by Crippen LogP contribution is 2.43. The molecule has 8 aromatic carbocycles. The van der Waals surface area contributed by atoms with Crippen molar-refractivity contribution in [3.8, 4) is 28.3 Å². The summed E-state index contributed by atoms with van der Waals surface area (Å²) >= 11 is 1.86. The Kier molecular flexibility index (Phi) is 5.90. The third-order valence-electron chi connectivity index (χ3n) is 10.8. The molecule has 0 aliphatic heterocycles. The van der Waals surface area contributed by atoms with Crippen LogP contribution < -0.4 is 0 Å². The number of thiophene rings is 1. The highest BCUT2D eigenvalue weighted by molar-refractivity contribution is 7.26. The lowest BCUT2D eigenvalue weighted by molar-refractivity contribution is 0.666. The maximum absolute atomic E-state index is 6.57. The van der Waals surface area contributed by atoms with Gasteiger partial charge in [0.05, 0.1) is 11.0 Å². The minimum atomic E-state index is 0.617. The van der Waals surface area contributed by atoms with E-state index in [1.807, 2.05) is 29.5 Å². The van der Waals surface area contributed by atoms with Crippen molar-refractivity contribution in [3.05, 3.63) is 164 Å². The van der Waals surface area contributed by atoms with Crippen molar-refractivity contribution in [1.29, 1.82) is 0 Å². The summed E-state index contributed by atoms with van der Waals surface area (Å²) in [6.45, 7) is 0. The number of benzene rings is 8. The number of para-hydroxylation sites is 2. The normalized spacial score (nSPS) is 12.2. The molecule has 0 saturated heterocycles. The maximum atomic E-state index is 6.57. The van der Waals surface area contributed by atoms with Crippen molar-refractivity contribution >= 4 is 96.9 Å². The number of hydrogen-bond acceptors (Lipinski definition) is 4. The van der Waals surface area contributed by atoms with Gasteiger partial charge in [0, 0.05) is 41.9 Å². The molecular formula is C48H27N3OS. The smallest absolute Gasteiger partial charge is 0.236 e. The van der Waals surface area contributed by atoms with E-state index in [0.717, 1.165) is 44.2 Å². The lowest BCUT2D eigenvalue weighted by Gasteiger charge is -2.11. The fourth-order valence-corrected chi connectivity index (χ4v) is 9.43. The Labute approximate surface area is 306 Å². The molecule has 246 valence electrons. The first-order valence-electron chi connectivity index (χ1n) is 17.8. The molecule has 0 N–H and O–H groups in total. The number of furan rings is 1. The molecule has 0 radical (unpaired) electrons. The van der Waals surface area contributed by atoms with E-state index < -0.39 is 0 Å². The molecule has 53 heavy (non-hydrogen) atoms. The second-order valence-corrected chi connectivity index (χ2v) is 14.9. The molecule has 4 nitrogen and oxygen atoms in total. The Hall–Kier alpha value is -6.82. The lowest BCUT2D eigenvalue weighted by Crippen LogP contribution is -2.03. The summed E-state index contributed by atoms with van der Waals surface area (Å²) in [7, 11) is 0. The van der Waals surface area contributed by atoms with Crippen molar-refractivity contribution in [2.75, 3.05) is 0 Å². The summed E-state index contributed by atoms with van der Waals surface area (Å²) in [6, 6.07) is 58.4. The summed E-state index contributed by atoms with van der Waals surface area (Å²) in [5.41, 5.74) is 8.58. The van der Waals surface area contributed by atoms with Gasteiger partial charge in [0.25, 0.3) is 0 Å². The largest absolute Gasteiger partial charge is 0.452 e. The van der Waals surface area contributed by atoms with Crippen LogP contribution in [0.4, 0.5) is 0 Å². The standard InChI is InChI=1S/C48H27N3OS/c1-2-10-28(11-3-1)29-18-19-31-25-33(21-20-30(31)24-29)45-47-46(35-13-5-8-16-41(35)52-47)50-48(49-45)51-39-15-7-4-12-34(39)38-27-37-32(26-40(38)51)22-23-43-44(37)36-14-6-9-17-42(36)53-43/h1-27H. The number of hydrogen-bond donors (Lipinski definition) is 0. The van der Waals surface area contributed by atoms with Crippen molar-refractivity contribution in [1.82, 2.24) is 14.5 Å². The van der Waals surface area contributed by atoms with Crippen LogP contribution in [0.3, 0.4) is 0 Å². The average molecular weight is 694 g/mol. The van der Waals surface area contributed by atoms with E-state index in [4.69, 9.17) is 14.4 Å². The van der Waals surface area contributed by atoms with Gasteiger partial charge in [-0.25, -0.2) is 9.97 Å². The topological polar surface area (TPSA) is 43.9 Å². The predicted octanol–water partition coefficient (Wildman–Crippen LogP) is 13.5. The molecule has 12 aromatic rings. The third-order valence-corrected chi connectivity index (χ3v) is 11.9. The van der Waals surface area contributed by atoms with Gasteiger partial charge in [-0.2, -0.15) is 0 Å². The van der Waals surface area contributed by atoms with Crippen molar-refractivity contribution in [2.45, 2.75) is 0 Å². The van der Waals surface area contributed by atoms with E-state index in [0.29, 0.717) is 11.5 Å². The van der Waals surface area contributed by atoms with E-state index >= 15 is 0 Å². The van der Waals surface area contributed by atoms with Gasteiger partial charge in [-0.1, -0.05) is 109 Å². The summed E-state index contributed by atoms with van der Waals surface area (Å²) in [4.78, 5) is 10.7. The second kappa shape index (κ2) is 10.8. The minimum absolute atomic E-state index is 0.617. The molecule has 4 heterocycles. The molecule has 0 amide bonds. The van der Waals surface area contributed by atoms with Crippen LogP contribution in [0.1, 0.15) is 0 Å². The van der Waals surface area contributed by atoms with Crippen LogP contribution in [0, 0.1) is 0 Å².